The Morgan fingerprint density at radius 3 is 2.21 bits per heavy atom. The largest absolute Gasteiger partial charge is 0.452 e. The second-order valence-electron chi connectivity index (χ2n) is 5.12. The van der Waals surface area contributed by atoms with E-state index in [0.29, 0.717) is 11.3 Å². The second kappa shape index (κ2) is 7.92. The molecule has 124 valence electrons. The summed E-state index contributed by atoms with van der Waals surface area (Å²) >= 11 is 0. The molecule has 2 rings (SSSR count). The fourth-order valence-electron chi connectivity index (χ4n) is 2.00. The van der Waals surface area contributed by atoms with E-state index in [2.05, 4.69) is 5.32 Å². The fraction of sp³-hybridized carbons (Fsp3) is 0.167. The van der Waals surface area contributed by atoms with Gasteiger partial charge in [-0.3, -0.25) is 9.59 Å². The lowest BCUT2D eigenvalue weighted by Gasteiger charge is -2.17. The van der Waals surface area contributed by atoms with Gasteiger partial charge in [0.15, 0.2) is 6.61 Å². The lowest BCUT2D eigenvalue weighted by molar-refractivity contribution is -0.121. The maximum absolute atomic E-state index is 12.1. The number of rotatable bonds is 5. The molecule has 6 heteroatoms. The molecule has 0 aliphatic heterocycles. The number of benzene rings is 2. The molecule has 2 amide bonds. The lowest BCUT2D eigenvalue weighted by atomic mass is 10.2. The summed E-state index contributed by atoms with van der Waals surface area (Å²) in [4.78, 5) is 36.4. The van der Waals surface area contributed by atoms with Crippen LogP contribution in [0.5, 0.6) is 0 Å². The predicted octanol–water partition coefficient (Wildman–Crippen LogP) is 2.46. The summed E-state index contributed by atoms with van der Waals surface area (Å²) < 4.78 is 5.04. The molecule has 0 aliphatic rings. The van der Waals surface area contributed by atoms with Gasteiger partial charge in [-0.2, -0.15) is 0 Å². The molecular formula is C18H18N2O4. The minimum atomic E-state index is -0.598. The first-order valence-corrected chi connectivity index (χ1v) is 7.34. The number of hydrogen-bond donors (Lipinski definition) is 1. The van der Waals surface area contributed by atoms with Crippen LogP contribution in [0, 0.1) is 0 Å². The third-order valence-electron chi connectivity index (χ3n) is 3.29. The molecule has 0 bridgehead atoms. The van der Waals surface area contributed by atoms with E-state index in [9.17, 15) is 14.4 Å². The predicted molar refractivity (Wildman–Crippen MR) is 90.9 cm³/mol. The van der Waals surface area contributed by atoms with Gasteiger partial charge in [0.2, 0.25) is 5.91 Å². The zero-order chi connectivity index (χ0) is 17.5. The number of amides is 2. The highest BCUT2D eigenvalue weighted by Crippen LogP contribution is 2.12. The number of likely N-dealkylation sites (N-methyl/N-ethyl adjacent to an activating group) is 1. The van der Waals surface area contributed by atoms with Crippen LogP contribution in [0.1, 0.15) is 17.3 Å². The van der Waals surface area contributed by atoms with Gasteiger partial charge in [-0.25, -0.2) is 4.79 Å². The highest BCUT2D eigenvalue weighted by molar-refractivity contribution is 5.97. The van der Waals surface area contributed by atoms with Crippen molar-refractivity contribution in [1.82, 2.24) is 0 Å². The molecule has 0 heterocycles. The number of nitrogens with zero attached hydrogens (tertiary/aromatic N) is 1. The van der Waals surface area contributed by atoms with E-state index in [1.54, 1.807) is 31.3 Å². The average Bonchev–Trinajstić information content (AvgIpc) is 2.59. The van der Waals surface area contributed by atoms with Crippen LogP contribution in [-0.2, 0) is 14.3 Å². The highest BCUT2D eigenvalue weighted by Gasteiger charge is 2.14. The molecular weight excluding hydrogens is 308 g/mol. The van der Waals surface area contributed by atoms with Gasteiger partial charge in [0.25, 0.3) is 5.91 Å². The van der Waals surface area contributed by atoms with E-state index >= 15 is 0 Å². The normalized spacial score (nSPS) is 9.92. The van der Waals surface area contributed by atoms with E-state index in [0.717, 1.165) is 5.69 Å². The molecule has 24 heavy (non-hydrogen) atoms. The molecule has 0 atom stereocenters. The van der Waals surface area contributed by atoms with Crippen LogP contribution in [0.15, 0.2) is 54.6 Å². The molecule has 6 nitrogen and oxygen atoms in total. The van der Waals surface area contributed by atoms with Crippen molar-refractivity contribution in [3.63, 3.8) is 0 Å². The van der Waals surface area contributed by atoms with Crippen molar-refractivity contribution >= 4 is 29.2 Å². The molecule has 2 aromatic rings. The van der Waals surface area contributed by atoms with Gasteiger partial charge in [-0.15, -0.1) is 0 Å². The van der Waals surface area contributed by atoms with Crippen LogP contribution in [0.3, 0.4) is 0 Å². The van der Waals surface area contributed by atoms with Crippen molar-refractivity contribution in [2.24, 2.45) is 0 Å². The standard InChI is InChI=1S/C18H18N2O4/c1-13(21)19-15-10-8-14(9-11-15)18(23)24-12-17(22)20(2)16-6-4-3-5-7-16/h3-11H,12H2,1-2H3,(H,19,21). The Morgan fingerprint density at radius 2 is 1.62 bits per heavy atom. The molecule has 0 radical (unpaired) electrons. The molecule has 0 saturated carbocycles. The highest BCUT2D eigenvalue weighted by atomic mass is 16.5. The average molecular weight is 326 g/mol. The van der Waals surface area contributed by atoms with Gasteiger partial charge in [-0.1, -0.05) is 18.2 Å². The van der Waals surface area contributed by atoms with Crippen molar-refractivity contribution in [3.05, 3.63) is 60.2 Å². The Morgan fingerprint density at radius 1 is 1.00 bits per heavy atom. The lowest BCUT2D eigenvalue weighted by Crippen LogP contribution is -2.31. The van der Waals surface area contributed by atoms with Gasteiger partial charge in [0.1, 0.15) is 0 Å². The number of para-hydroxylation sites is 1. The molecule has 0 aliphatic carbocycles. The molecule has 0 aromatic heterocycles. The molecule has 0 fully saturated rings. The molecule has 0 saturated heterocycles. The third-order valence-corrected chi connectivity index (χ3v) is 3.29. The topological polar surface area (TPSA) is 75.7 Å². The van der Waals surface area contributed by atoms with Crippen molar-refractivity contribution in [2.45, 2.75) is 6.92 Å². The Balaban J connectivity index is 1.90. The maximum Gasteiger partial charge on any atom is 0.338 e. The number of anilines is 2. The number of carbonyl (C=O) groups excluding carboxylic acids is 3. The smallest absolute Gasteiger partial charge is 0.338 e. The molecule has 2 aromatic carbocycles. The van der Waals surface area contributed by atoms with Crippen molar-refractivity contribution in [3.8, 4) is 0 Å². The Hall–Kier alpha value is -3.15. The first kappa shape index (κ1) is 17.2. The first-order valence-electron chi connectivity index (χ1n) is 7.34. The fourth-order valence-corrected chi connectivity index (χ4v) is 2.00. The van der Waals surface area contributed by atoms with E-state index < -0.39 is 5.97 Å². The van der Waals surface area contributed by atoms with Gasteiger partial charge in [0, 0.05) is 25.3 Å². The van der Waals surface area contributed by atoms with E-state index in [-0.39, 0.29) is 18.4 Å². The SMILES string of the molecule is CC(=O)Nc1ccc(C(=O)OCC(=O)N(C)c2ccccc2)cc1. The third kappa shape index (κ3) is 4.67. The van der Waals surface area contributed by atoms with Gasteiger partial charge in [0.05, 0.1) is 5.56 Å². The molecule has 0 unspecified atom stereocenters. The summed E-state index contributed by atoms with van der Waals surface area (Å²) in [5.74, 6) is -1.12. The Bertz CT molecular complexity index is 726. The second-order valence-corrected chi connectivity index (χ2v) is 5.12. The van der Waals surface area contributed by atoms with Crippen molar-refractivity contribution in [2.75, 3.05) is 23.9 Å². The van der Waals surface area contributed by atoms with Gasteiger partial charge >= 0.3 is 5.97 Å². The Labute approximate surface area is 140 Å². The van der Waals surface area contributed by atoms with Crippen molar-refractivity contribution in [1.29, 1.82) is 0 Å². The number of hydrogen-bond acceptors (Lipinski definition) is 4. The van der Waals surface area contributed by atoms with Crippen LogP contribution in [0.2, 0.25) is 0 Å². The Kier molecular flexibility index (Phi) is 5.68. The van der Waals surface area contributed by atoms with E-state index in [4.69, 9.17) is 4.74 Å². The van der Waals surface area contributed by atoms with Crippen LogP contribution < -0.4 is 10.2 Å². The first-order chi connectivity index (χ1) is 11.5. The summed E-state index contributed by atoms with van der Waals surface area (Å²) in [7, 11) is 1.62. The summed E-state index contributed by atoms with van der Waals surface area (Å²) in [5, 5.41) is 2.60. The zero-order valence-corrected chi connectivity index (χ0v) is 13.5. The van der Waals surface area contributed by atoms with E-state index in [1.165, 1.54) is 24.0 Å². The van der Waals surface area contributed by atoms with Crippen LogP contribution in [0.25, 0.3) is 0 Å². The van der Waals surface area contributed by atoms with Crippen LogP contribution in [0.4, 0.5) is 11.4 Å². The summed E-state index contributed by atoms with van der Waals surface area (Å²) in [5.41, 5.74) is 1.61. The minimum Gasteiger partial charge on any atom is -0.452 e. The van der Waals surface area contributed by atoms with Gasteiger partial charge < -0.3 is 15.0 Å². The maximum atomic E-state index is 12.1. The summed E-state index contributed by atoms with van der Waals surface area (Å²) in [6.45, 7) is 1.05. The zero-order valence-electron chi connectivity index (χ0n) is 13.5. The summed E-state index contributed by atoms with van der Waals surface area (Å²) in [6.07, 6.45) is 0. The minimum absolute atomic E-state index is 0.195. The van der Waals surface area contributed by atoms with E-state index in [1.807, 2.05) is 18.2 Å². The molecule has 0 spiro atoms. The number of ether oxygens (including phenoxy) is 1. The monoisotopic (exact) mass is 326 g/mol. The quantitative estimate of drug-likeness (QED) is 0.857. The number of nitrogens with one attached hydrogen (secondary N) is 1. The van der Waals surface area contributed by atoms with Crippen LogP contribution in [-0.4, -0.2) is 31.4 Å². The van der Waals surface area contributed by atoms with Crippen LogP contribution >= 0.6 is 0 Å². The van der Waals surface area contributed by atoms with Gasteiger partial charge in [-0.05, 0) is 36.4 Å². The number of carbonyl (C=O) groups is 3. The number of esters is 1. The van der Waals surface area contributed by atoms with Crippen molar-refractivity contribution < 1.29 is 19.1 Å². The molecule has 1 N–H and O–H groups in total. The summed E-state index contributed by atoms with van der Waals surface area (Å²) in [6, 6.07) is 15.3.